The normalized spacial score (nSPS) is 17.9. The maximum absolute atomic E-state index is 4.34. The second kappa shape index (κ2) is 3.80. The van der Waals surface area contributed by atoms with Crippen LogP contribution in [0.2, 0.25) is 0 Å². The molecule has 2 aromatic heterocycles. The minimum absolute atomic E-state index is 0.557. The Kier molecular flexibility index (Phi) is 2.42. The lowest BCUT2D eigenvalue weighted by Crippen LogP contribution is -2.10. The Morgan fingerprint density at radius 2 is 2.38 bits per heavy atom. The molecule has 2 heterocycles. The van der Waals surface area contributed by atoms with Crippen LogP contribution in [0, 0.1) is 12.8 Å². The first-order valence-corrected chi connectivity index (χ1v) is 6.46. The fraction of sp³-hybridized carbons (Fsp3) is 0.545. The Balaban J connectivity index is 1.97. The van der Waals surface area contributed by atoms with E-state index in [-0.39, 0.29) is 0 Å². The summed E-state index contributed by atoms with van der Waals surface area (Å²) in [5.74, 6) is 1.54. The third-order valence-electron chi connectivity index (χ3n) is 2.99. The molecule has 1 saturated carbocycles. The molecule has 0 radical (unpaired) electrons. The third kappa shape index (κ3) is 1.84. The molecule has 16 heavy (non-hydrogen) atoms. The summed E-state index contributed by atoms with van der Waals surface area (Å²) in [7, 11) is 0. The molecule has 0 saturated heterocycles. The Morgan fingerprint density at radius 3 is 3.12 bits per heavy atom. The highest BCUT2D eigenvalue weighted by Gasteiger charge is 2.29. The van der Waals surface area contributed by atoms with E-state index in [9.17, 15) is 0 Å². The zero-order valence-electron chi connectivity index (χ0n) is 9.10. The number of fused-ring (bicyclic) bond motifs is 1. The molecular formula is C11H13BrN4. The van der Waals surface area contributed by atoms with Gasteiger partial charge >= 0.3 is 0 Å². The van der Waals surface area contributed by atoms with Crippen LogP contribution in [0.5, 0.6) is 0 Å². The van der Waals surface area contributed by atoms with E-state index in [1.54, 1.807) is 6.33 Å². The van der Waals surface area contributed by atoms with Crippen molar-refractivity contribution in [2.45, 2.75) is 31.0 Å². The fourth-order valence-corrected chi connectivity index (χ4v) is 2.84. The molecule has 5 heteroatoms. The van der Waals surface area contributed by atoms with Crippen molar-refractivity contribution < 1.29 is 0 Å². The fourth-order valence-electron chi connectivity index (χ4n) is 1.98. The first-order valence-electron chi connectivity index (χ1n) is 5.54. The summed E-state index contributed by atoms with van der Waals surface area (Å²) in [6.07, 6.45) is 5.25. The molecule has 1 aliphatic carbocycles. The first-order chi connectivity index (χ1) is 7.74. The van der Waals surface area contributed by atoms with Crippen LogP contribution in [-0.4, -0.2) is 24.4 Å². The number of hydrogen-bond acceptors (Lipinski definition) is 3. The van der Waals surface area contributed by atoms with Gasteiger partial charge in [0.05, 0.1) is 0 Å². The maximum Gasteiger partial charge on any atom is 0.252 e. The minimum Gasteiger partial charge on any atom is -0.216 e. The van der Waals surface area contributed by atoms with E-state index in [4.69, 9.17) is 0 Å². The minimum atomic E-state index is 0.557. The topological polar surface area (TPSA) is 43.1 Å². The maximum atomic E-state index is 4.34. The average Bonchev–Trinajstić information content (AvgIpc) is 2.98. The number of halogens is 1. The van der Waals surface area contributed by atoms with Gasteiger partial charge in [-0.3, -0.25) is 0 Å². The number of rotatable bonds is 3. The second-order valence-electron chi connectivity index (χ2n) is 4.42. The smallest absolute Gasteiger partial charge is 0.216 e. The molecule has 1 fully saturated rings. The third-order valence-corrected chi connectivity index (χ3v) is 4.06. The lowest BCUT2D eigenvalue weighted by molar-refractivity contribution is 0.716. The number of alkyl halides is 1. The first kappa shape index (κ1) is 10.2. The molecule has 0 N–H and O–H groups in total. The quantitative estimate of drug-likeness (QED) is 0.810. The van der Waals surface area contributed by atoms with E-state index in [2.05, 4.69) is 37.1 Å². The van der Waals surface area contributed by atoms with Crippen molar-refractivity contribution in [2.24, 2.45) is 5.92 Å². The molecule has 0 spiro atoms. The summed E-state index contributed by atoms with van der Waals surface area (Å²) in [5.41, 5.74) is 2.19. The van der Waals surface area contributed by atoms with Crippen molar-refractivity contribution in [3.05, 3.63) is 23.8 Å². The van der Waals surface area contributed by atoms with Crippen LogP contribution in [0.1, 0.15) is 24.2 Å². The summed E-state index contributed by atoms with van der Waals surface area (Å²) in [6.45, 7) is 2.00. The molecule has 0 amide bonds. The predicted octanol–water partition coefficient (Wildman–Crippen LogP) is 2.15. The lowest BCUT2D eigenvalue weighted by atomic mass is 10.1. The molecule has 0 aromatic carbocycles. The number of aromatic nitrogens is 4. The van der Waals surface area contributed by atoms with Crippen molar-refractivity contribution in [2.75, 3.05) is 0 Å². The molecule has 0 bridgehead atoms. The number of hydrogen-bond donors (Lipinski definition) is 0. The monoisotopic (exact) mass is 280 g/mol. The van der Waals surface area contributed by atoms with Gasteiger partial charge in [-0.05, 0) is 31.7 Å². The number of nitrogens with zero attached hydrogens (tertiary/aromatic N) is 4. The zero-order valence-corrected chi connectivity index (χ0v) is 10.7. The van der Waals surface area contributed by atoms with Crippen LogP contribution in [-0.2, 0) is 6.42 Å². The van der Waals surface area contributed by atoms with Crippen molar-refractivity contribution in [3.63, 3.8) is 0 Å². The van der Waals surface area contributed by atoms with Crippen LogP contribution in [0.4, 0.5) is 0 Å². The Hall–Kier alpha value is -0.970. The molecule has 84 valence electrons. The van der Waals surface area contributed by atoms with E-state index in [0.29, 0.717) is 10.6 Å². The predicted molar refractivity (Wildman–Crippen MR) is 64.7 cm³/mol. The second-order valence-corrected chi connectivity index (χ2v) is 5.59. The highest BCUT2D eigenvalue weighted by Crippen LogP contribution is 2.38. The van der Waals surface area contributed by atoms with Gasteiger partial charge in [0.2, 0.25) is 0 Å². The van der Waals surface area contributed by atoms with E-state index in [1.807, 2.05) is 11.4 Å². The molecule has 1 unspecified atom stereocenters. The molecular weight excluding hydrogens is 268 g/mol. The van der Waals surface area contributed by atoms with Crippen molar-refractivity contribution >= 4 is 21.7 Å². The van der Waals surface area contributed by atoms with Gasteiger partial charge in [-0.25, -0.2) is 9.50 Å². The SMILES string of the molecule is Cc1cc(CC(Br)C2CC2)n2ncnc2n1. The van der Waals surface area contributed by atoms with Crippen LogP contribution in [0.15, 0.2) is 12.4 Å². The summed E-state index contributed by atoms with van der Waals surface area (Å²) >= 11 is 3.76. The highest BCUT2D eigenvalue weighted by atomic mass is 79.9. The largest absolute Gasteiger partial charge is 0.252 e. The van der Waals surface area contributed by atoms with Gasteiger partial charge in [-0.2, -0.15) is 10.1 Å². The Labute approximate surface area is 102 Å². The van der Waals surface area contributed by atoms with Gasteiger partial charge in [0, 0.05) is 22.6 Å². The molecule has 2 aromatic rings. The van der Waals surface area contributed by atoms with Crippen molar-refractivity contribution in [3.8, 4) is 0 Å². The zero-order chi connectivity index (χ0) is 11.1. The van der Waals surface area contributed by atoms with Crippen molar-refractivity contribution in [1.82, 2.24) is 19.6 Å². The van der Waals surface area contributed by atoms with Gasteiger partial charge < -0.3 is 0 Å². The number of aryl methyl sites for hydroxylation is 1. The summed E-state index contributed by atoms with van der Waals surface area (Å²) in [5, 5.41) is 4.21. The standard InChI is InChI=1S/C11H13BrN4/c1-7-4-9(5-10(12)8-2-3-8)16-11(15-7)13-6-14-16/h4,6,8,10H,2-3,5H2,1H3. The Morgan fingerprint density at radius 1 is 1.56 bits per heavy atom. The van der Waals surface area contributed by atoms with Gasteiger partial charge in [0.15, 0.2) is 0 Å². The van der Waals surface area contributed by atoms with Crippen molar-refractivity contribution in [1.29, 1.82) is 0 Å². The van der Waals surface area contributed by atoms with E-state index >= 15 is 0 Å². The van der Waals surface area contributed by atoms with Crippen LogP contribution < -0.4 is 0 Å². The highest BCUT2D eigenvalue weighted by molar-refractivity contribution is 9.09. The van der Waals surface area contributed by atoms with E-state index in [0.717, 1.165) is 18.0 Å². The molecule has 1 aliphatic rings. The average molecular weight is 281 g/mol. The van der Waals surface area contributed by atoms with Gasteiger partial charge in [0.25, 0.3) is 5.78 Å². The van der Waals surface area contributed by atoms with E-state index in [1.165, 1.54) is 18.5 Å². The molecule has 1 atom stereocenters. The van der Waals surface area contributed by atoms with Gasteiger partial charge in [-0.1, -0.05) is 15.9 Å². The lowest BCUT2D eigenvalue weighted by Gasteiger charge is -2.09. The molecule has 3 rings (SSSR count). The summed E-state index contributed by atoms with van der Waals surface area (Å²) in [4.78, 5) is 9.03. The van der Waals surface area contributed by atoms with Crippen LogP contribution >= 0.6 is 15.9 Å². The summed E-state index contributed by atoms with van der Waals surface area (Å²) in [6, 6.07) is 2.10. The molecule has 4 nitrogen and oxygen atoms in total. The van der Waals surface area contributed by atoms with Crippen LogP contribution in [0.3, 0.4) is 0 Å². The summed E-state index contributed by atoms with van der Waals surface area (Å²) < 4.78 is 1.84. The Bertz CT molecular complexity index is 518. The van der Waals surface area contributed by atoms with Crippen LogP contribution in [0.25, 0.3) is 5.78 Å². The van der Waals surface area contributed by atoms with E-state index < -0.39 is 0 Å². The molecule has 0 aliphatic heterocycles. The van der Waals surface area contributed by atoms with Gasteiger partial charge in [-0.15, -0.1) is 0 Å². The van der Waals surface area contributed by atoms with Gasteiger partial charge in [0.1, 0.15) is 6.33 Å².